The zero-order chi connectivity index (χ0) is 20.0. The highest BCUT2D eigenvalue weighted by molar-refractivity contribution is 6.30. The molecule has 29 heavy (non-hydrogen) atoms. The molecule has 1 atom stereocenters. The first-order chi connectivity index (χ1) is 14.2. The van der Waals surface area contributed by atoms with Gasteiger partial charge in [-0.2, -0.15) is 5.10 Å². The van der Waals surface area contributed by atoms with E-state index in [0.29, 0.717) is 35.7 Å². The van der Waals surface area contributed by atoms with E-state index in [9.17, 15) is 4.79 Å². The molecule has 0 N–H and O–H groups in total. The maximum Gasteiger partial charge on any atom is 0.167 e. The fraction of sp³-hybridized carbons (Fsp3) is 0.227. The number of benzene rings is 1. The summed E-state index contributed by atoms with van der Waals surface area (Å²) in [7, 11) is 1.63. The summed E-state index contributed by atoms with van der Waals surface area (Å²) in [5.41, 5.74) is 4.68. The number of rotatable bonds is 4. The van der Waals surface area contributed by atoms with Crippen molar-refractivity contribution < 1.29 is 13.9 Å². The van der Waals surface area contributed by atoms with Crippen molar-refractivity contribution in [2.75, 3.05) is 7.11 Å². The first-order valence-electron chi connectivity index (χ1n) is 9.36. The lowest BCUT2D eigenvalue weighted by Gasteiger charge is -2.22. The number of furan rings is 1. The van der Waals surface area contributed by atoms with Gasteiger partial charge in [-0.1, -0.05) is 23.7 Å². The highest BCUT2D eigenvalue weighted by Gasteiger charge is 2.31. The molecule has 1 unspecified atom stereocenters. The molecule has 5 rings (SSSR count). The smallest absolute Gasteiger partial charge is 0.167 e. The van der Waals surface area contributed by atoms with Gasteiger partial charge in [0, 0.05) is 37.1 Å². The van der Waals surface area contributed by atoms with E-state index in [2.05, 4.69) is 4.98 Å². The molecule has 0 bridgehead atoms. The molecule has 0 saturated carbocycles. The molecule has 0 amide bonds. The van der Waals surface area contributed by atoms with Crippen molar-refractivity contribution in [3.8, 4) is 11.1 Å². The Hall–Kier alpha value is -2.96. The molecular formula is C22H18ClN3O3. The van der Waals surface area contributed by atoms with Crippen molar-refractivity contribution in [2.24, 2.45) is 0 Å². The van der Waals surface area contributed by atoms with Crippen LogP contribution in [0.1, 0.15) is 39.8 Å². The van der Waals surface area contributed by atoms with Crippen LogP contribution in [0.25, 0.3) is 16.8 Å². The van der Waals surface area contributed by atoms with E-state index in [-0.39, 0.29) is 11.7 Å². The molecule has 3 aromatic heterocycles. The fourth-order valence-electron chi connectivity index (χ4n) is 4.05. The third-order valence-corrected chi connectivity index (χ3v) is 5.56. The number of fused-ring (bicyclic) bond motifs is 3. The van der Waals surface area contributed by atoms with Crippen LogP contribution in [0.4, 0.5) is 0 Å². The number of nitrogens with zero attached hydrogens (tertiary/aromatic N) is 3. The summed E-state index contributed by atoms with van der Waals surface area (Å²) in [4.78, 5) is 17.4. The second-order valence-corrected chi connectivity index (χ2v) is 7.60. The molecule has 0 fully saturated rings. The fourth-order valence-corrected chi connectivity index (χ4v) is 4.24. The molecule has 0 saturated heterocycles. The predicted octanol–water partition coefficient (Wildman–Crippen LogP) is 4.70. The Morgan fingerprint density at radius 3 is 2.93 bits per heavy atom. The Morgan fingerprint density at radius 2 is 2.17 bits per heavy atom. The van der Waals surface area contributed by atoms with Crippen molar-refractivity contribution in [3.63, 3.8) is 0 Å². The largest absolute Gasteiger partial charge is 0.469 e. The van der Waals surface area contributed by atoms with E-state index in [4.69, 9.17) is 25.9 Å². The third kappa shape index (κ3) is 3.05. The van der Waals surface area contributed by atoms with Gasteiger partial charge in [0.15, 0.2) is 11.4 Å². The summed E-state index contributed by atoms with van der Waals surface area (Å²) in [5, 5.41) is 5.41. The van der Waals surface area contributed by atoms with Crippen LogP contribution >= 0.6 is 11.6 Å². The Bertz CT molecular complexity index is 1210. The SMILES string of the molecule is COCc1nn2c3c(cnc2c1-c1cccc(Cl)c1)C(=O)CC(c1ccco1)C3. The van der Waals surface area contributed by atoms with E-state index >= 15 is 0 Å². The summed E-state index contributed by atoms with van der Waals surface area (Å²) in [6, 6.07) is 11.3. The van der Waals surface area contributed by atoms with E-state index in [1.807, 2.05) is 36.4 Å². The van der Waals surface area contributed by atoms with Gasteiger partial charge in [0.05, 0.1) is 35.4 Å². The predicted molar refractivity (Wildman–Crippen MR) is 108 cm³/mol. The zero-order valence-corrected chi connectivity index (χ0v) is 16.5. The number of carbonyl (C=O) groups is 1. The first-order valence-corrected chi connectivity index (χ1v) is 9.74. The first kappa shape index (κ1) is 18.1. The summed E-state index contributed by atoms with van der Waals surface area (Å²) in [6.07, 6.45) is 4.36. The van der Waals surface area contributed by atoms with Crippen LogP contribution in [0.15, 0.2) is 53.3 Å². The quantitative estimate of drug-likeness (QED) is 0.490. The molecule has 4 aromatic rings. The monoisotopic (exact) mass is 407 g/mol. The average Bonchev–Trinajstić information content (AvgIpc) is 3.36. The van der Waals surface area contributed by atoms with Gasteiger partial charge in [0.2, 0.25) is 0 Å². The number of methoxy groups -OCH3 is 1. The maximum atomic E-state index is 12.8. The van der Waals surface area contributed by atoms with Gasteiger partial charge in [-0.25, -0.2) is 9.50 Å². The van der Waals surface area contributed by atoms with Gasteiger partial charge >= 0.3 is 0 Å². The van der Waals surface area contributed by atoms with Gasteiger partial charge in [0.25, 0.3) is 0 Å². The second-order valence-electron chi connectivity index (χ2n) is 7.16. The maximum absolute atomic E-state index is 12.8. The van der Waals surface area contributed by atoms with Gasteiger partial charge in [-0.15, -0.1) is 0 Å². The molecule has 0 spiro atoms. The van der Waals surface area contributed by atoms with Gasteiger partial charge < -0.3 is 9.15 Å². The van der Waals surface area contributed by atoms with Crippen LogP contribution < -0.4 is 0 Å². The summed E-state index contributed by atoms with van der Waals surface area (Å²) >= 11 is 6.22. The van der Waals surface area contributed by atoms with Crippen molar-refractivity contribution in [1.82, 2.24) is 14.6 Å². The number of hydrogen-bond donors (Lipinski definition) is 0. The van der Waals surface area contributed by atoms with Crippen molar-refractivity contribution in [1.29, 1.82) is 0 Å². The Kier molecular flexibility index (Phi) is 4.45. The van der Waals surface area contributed by atoms with E-state index in [1.54, 1.807) is 24.1 Å². The minimum atomic E-state index is -0.0136. The van der Waals surface area contributed by atoms with Crippen LogP contribution in [-0.2, 0) is 17.8 Å². The minimum absolute atomic E-state index is 0.0136. The van der Waals surface area contributed by atoms with Crippen LogP contribution in [0, 0.1) is 0 Å². The Balaban J connectivity index is 1.72. The van der Waals surface area contributed by atoms with Crippen LogP contribution in [0.3, 0.4) is 0 Å². The number of Topliss-reactive ketones (excluding diaryl/α,β-unsaturated/α-hetero) is 1. The van der Waals surface area contributed by atoms with Crippen LogP contribution in [0.2, 0.25) is 5.02 Å². The molecule has 1 aliphatic carbocycles. The standard InChI is InChI=1S/C22H18ClN3O3/c1-28-12-17-21(13-4-2-5-15(23)8-13)22-24-11-16-18(26(22)25-17)9-14(10-19(16)27)20-6-3-7-29-20/h2-8,11,14H,9-10,12H2,1H3. The number of hydrogen-bond acceptors (Lipinski definition) is 5. The highest BCUT2D eigenvalue weighted by Crippen LogP contribution is 2.36. The molecule has 0 aliphatic heterocycles. The lowest BCUT2D eigenvalue weighted by Crippen LogP contribution is -2.22. The zero-order valence-electron chi connectivity index (χ0n) is 15.8. The van der Waals surface area contributed by atoms with E-state index < -0.39 is 0 Å². The third-order valence-electron chi connectivity index (χ3n) is 5.33. The summed E-state index contributed by atoms with van der Waals surface area (Å²) < 4.78 is 12.7. The summed E-state index contributed by atoms with van der Waals surface area (Å²) in [5.74, 6) is 0.851. The normalized spacial score (nSPS) is 16.3. The molecule has 7 heteroatoms. The van der Waals surface area contributed by atoms with Crippen molar-refractivity contribution in [2.45, 2.75) is 25.4 Å². The van der Waals surface area contributed by atoms with E-state index in [1.165, 1.54) is 0 Å². The number of aromatic nitrogens is 3. The van der Waals surface area contributed by atoms with Crippen LogP contribution in [-0.4, -0.2) is 27.5 Å². The van der Waals surface area contributed by atoms with Gasteiger partial charge in [-0.3, -0.25) is 4.79 Å². The molecule has 0 radical (unpaired) electrons. The summed E-state index contributed by atoms with van der Waals surface area (Å²) in [6.45, 7) is 0.329. The molecular weight excluding hydrogens is 390 g/mol. The lowest BCUT2D eigenvalue weighted by atomic mass is 9.85. The average molecular weight is 408 g/mol. The molecule has 146 valence electrons. The number of carbonyl (C=O) groups excluding carboxylic acids is 1. The number of halogens is 1. The van der Waals surface area contributed by atoms with Gasteiger partial charge in [-0.05, 0) is 29.8 Å². The van der Waals surface area contributed by atoms with Crippen molar-refractivity contribution >= 4 is 23.0 Å². The van der Waals surface area contributed by atoms with Crippen LogP contribution in [0.5, 0.6) is 0 Å². The topological polar surface area (TPSA) is 69.6 Å². The molecule has 1 aliphatic rings. The van der Waals surface area contributed by atoms with Gasteiger partial charge in [0.1, 0.15) is 5.76 Å². The molecule has 6 nitrogen and oxygen atoms in total. The van der Waals surface area contributed by atoms with Crippen molar-refractivity contribution in [3.05, 3.63) is 76.6 Å². The number of ketones is 1. The second kappa shape index (κ2) is 7.13. The Labute approximate surface area is 172 Å². The Morgan fingerprint density at radius 1 is 1.28 bits per heavy atom. The lowest BCUT2D eigenvalue weighted by molar-refractivity contribution is 0.0958. The minimum Gasteiger partial charge on any atom is -0.469 e. The van der Waals surface area contributed by atoms with E-state index in [0.717, 1.165) is 28.3 Å². The highest BCUT2D eigenvalue weighted by atomic mass is 35.5. The molecule has 1 aromatic carbocycles. The number of ether oxygens (including phenoxy) is 1. The molecule has 3 heterocycles.